The molecule has 0 atom stereocenters. The first kappa shape index (κ1) is 20.4. The topological polar surface area (TPSA) is 58.2 Å². The molecule has 0 heterocycles. The molecule has 0 aliphatic heterocycles. The Bertz CT molecular complexity index is 1010. The Balaban J connectivity index is 1.87. The standard InChI is InChI=1S/C24H21ClN2O2/c1-17(19-12-14-21(25)15-13-19)22(27-23(28)20-10-6-3-7-11-20)24(29)26-16-18-8-4-2-5-9-18/h2-15H,16H2,1H3,(H,26,29)(H,27,28). The van der Waals surface area contributed by atoms with Crippen LogP contribution in [0.5, 0.6) is 0 Å². The lowest BCUT2D eigenvalue weighted by atomic mass is 10.0. The number of hydrogen-bond donors (Lipinski definition) is 2. The second-order valence-electron chi connectivity index (χ2n) is 6.50. The molecule has 0 bridgehead atoms. The molecule has 0 saturated carbocycles. The van der Waals surface area contributed by atoms with E-state index in [0.29, 0.717) is 22.7 Å². The molecule has 29 heavy (non-hydrogen) atoms. The predicted octanol–water partition coefficient (Wildman–Crippen LogP) is 4.82. The molecule has 146 valence electrons. The van der Waals surface area contributed by atoms with Crippen molar-refractivity contribution in [3.63, 3.8) is 0 Å². The lowest BCUT2D eigenvalue weighted by molar-refractivity contribution is -0.117. The van der Waals surface area contributed by atoms with Crippen LogP contribution in [0.15, 0.2) is 90.6 Å². The Morgan fingerprint density at radius 2 is 1.38 bits per heavy atom. The van der Waals surface area contributed by atoms with Gasteiger partial charge in [-0.05, 0) is 47.9 Å². The average Bonchev–Trinajstić information content (AvgIpc) is 2.77. The van der Waals surface area contributed by atoms with Crippen molar-refractivity contribution in [2.24, 2.45) is 0 Å². The molecular weight excluding hydrogens is 384 g/mol. The second kappa shape index (κ2) is 9.71. The highest BCUT2D eigenvalue weighted by molar-refractivity contribution is 6.30. The molecule has 0 radical (unpaired) electrons. The van der Waals surface area contributed by atoms with E-state index in [4.69, 9.17) is 11.6 Å². The lowest BCUT2D eigenvalue weighted by Gasteiger charge is -2.15. The normalized spacial score (nSPS) is 11.4. The Kier molecular flexibility index (Phi) is 6.82. The predicted molar refractivity (Wildman–Crippen MR) is 116 cm³/mol. The van der Waals surface area contributed by atoms with Gasteiger partial charge in [0.2, 0.25) is 0 Å². The SMILES string of the molecule is CC(=C(NC(=O)c1ccccc1)C(=O)NCc1ccccc1)c1ccc(Cl)cc1. The fourth-order valence-corrected chi connectivity index (χ4v) is 2.93. The van der Waals surface area contributed by atoms with Gasteiger partial charge in [0.05, 0.1) is 0 Å². The summed E-state index contributed by atoms with van der Waals surface area (Å²) in [6.07, 6.45) is 0. The van der Waals surface area contributed by atoms with Gasteiger partial charge in [0.1, 0.15) is 5.70 Å². The zero-order valence-corrected chi connectivity index (χ0v) is 16.7. The van der Waals surface area contributed by atoms with Gasteiger partial charge in [0.15, 0.2) is 0 Å². The summed E-state index contributed by atoms with van der Waals surface area (Å²) in [5.74, 6) is -0.700. The van der Waals surface area contributed by atoms with Crippen molar-refractivity contribution < 1.29 is 9.59 Å². The summed E-state index contributed by atoms with van der Waals surface area (Å²) in [4.78, 5) is 25.6. The molecule has 2 N–H and O–H groups in total. The van der Waals surface area contributed by atoms with Crippen molar-refractivity contribution in [1.82, 2.24) is 10.6 Å². The largest absolute Gasteiger partial charge is 0.347 e. The van der Waals surface area contributed by atoms with Crippen LogP contribution < -0.4 is 10.6 Å². The number of carbonyl (C=O) groups excluding carboxylic acids is 2. The zero-order chi connectivity index (χ0) is 20.6. The third kappa shape index (κ3) is 5.56. The number of rotatable bonds is 6. The summed E-state index contributed by atoms with van der Waals surface area (Å²) in [6.45, 7) is 2.16. The van der Waals surface area contributed by atoms with E-state index >= 15 is 0 Å². The maximum absolute atomic E-state index is 13.0. The van der Waals surface area contributed by atoms with Crippen LogP contribution in [0.4, 0.5) is 0 Å². The maximum atomic E-state index is 13.0. The first-order valence-corrected chi connectivity index (χ1v) is 9.58. The molecule has 0 spiro atoms. The first-order chi connectivity index (χ1) is 14.0. The van der Waals surface area contributed by atoms with Crippen LogP contribution in [0.3, 0.4) is 0 Å². The van der Waals surface area contributed by atoms with Crippen molar-refractivity contribution in [3.05, 3.63) is 112 Å². The smallest absolute Gasteiger partial charge is 0.268 e. The van der Waals surface area contributed by atoms with Crippen LogP contribution in [-0.4, -0.2) is 11.8 Å². The third-order valence-corrected chi connectivity index (χ3v) is 4.70. The van der Waals surface area contributed by atoms with E-state index in [0.717, 1.165) is 11.1 Å². The van der Waals surface area contributed by atoms with Crippen LogP contribution in [0.25, 0.3) is 5.57 Å². The van der Waals surface area contributed by atoms with E-state index in [1.807, 2.05) is 48.5 Å². The molecule has 3 aromatic rings. The van der Waals surface area contributed by atoms with Crippen LogP contribution >= 0.6 is 11.6 Å². The number of amides is 2. The minimum Gasteiger partial charge on any atom is -0.347 e. The van der Waals surface area contributed by atoms with Gasteiger partial charge in [0, 0.05) is 17.1 Å². The summed E-state index contributed by atoms with van der Waals surface area (Å²) < 4.78 is 0. The quantitative estimate of drug-likeness (QED) is 0.579. The molecule has 0 unspecified atom stereocenters. The Morgan fingerprint density at radius 1 is 0.793 bits per heavy atom. The van der Waals surface area contributed by atoms with Crippen molar-refractivity contribution >= 4 is 29.0 Å². The van der Waals surface area contributed by atoms with E-state index in [-0.39, 0.29) is 17.5 Å². The molecular formula is C24H21ClN2O2. The van der Waals surface area contributed by atoms with Gasteiger partial charge in [-0.1, -0.05) is 72.3 Å². The number of allylic oxidation sites excluding steroid dienone is 1. The molecule has 0 fully saturated rings. The average molecular weight is 405 g/mol. The summed E-state index contributed by atoms with van der Waals surface area (Å²) >= 11 is 5.98. The van der Waals surface area contributed by atoms with Crippen LogP contribution in [0.1, 0.15) is 28.4 Å². The highest BCUT2D eigenvalue weighted by Crippen LogP contribution is 2.20. The molecule has 0 aliphatic carbocycles. The maximum Gasteiger partial charge on any atom is 0.268 e. The summed E-state index contributed by atoms with van der Waals surface area (Å²) in [6, 6.07) is 25.5. The number of halogens is 1. The fraction of sp³-hybridized carbons (Fsp3) is 0.0833. The highest BCUT2D eigenvalue weighted by atomic mass is 35.5. The van der Waals surface area contributed by atoms with E-state index in [2.05, 4.69) is 10.6 Å². The van der Waals surface area contributed by atoms with Gasteiger partial charge >= 0.3 is 0 Å². The Labute approximate surface area is 175 Å². The van der Waals surface area contributed by atoms with E-state index in [9.17, 15) is 9.59 Å². The van der Waals surface area contributed by atoms with Gasteiger partial charge in [-0.15, -0.1) is 0 Å². The lowest BCUT2D eigenvalue weighted by Crippen LogP contribution is -2.35. The number of benzene rings is 3. The monoisotopic (exact) mass is 404 g/mol. The number of carbonyl (C=O) groups is 2. The molecule has 0 aliphatic rings. The molecule has 3 aromatic carbocycles. The minimum atomic E-state index is -0.356. The summed E-state index contributed by atoms with van der Waals surface area (Å²) in [7, 11) is 0. The van der Waals surface area contributed by atoms with Gasteiger partial charge in [-0.2, -0.15) is 0 Å². The van der Waals surface area contributed by atoms with Gasteiger partial charge < -0.3 is 10.6 Å². The van der Waals surface area contributed by atoms with Crippen LogP contribution in [0.2, 0.25) is 5.02 Å². The van der Waals surface area contributed by atoms with E-state index in [1.54, 1.807) is 43.3 Å². The minimum absolute atomic E-state index is 0.206. The zero-order valence-electron chi connectivity index (χ0n) is 16.0. The van der Waals surface area contributed by atoms with Crippen LogP contribution in [-0.2, 0) is 11.3 Å². The Morgan fingerprint density at radius 3 is 2.00 bits per heavy atom. The second-order valence-corrected chi connectivity index (χ2v) is 6.93. The molecule has 5 heteroatoms. The van der Waals surface area contributed by atoms with Crippen LogP contribution in [0, 0.1) is 0 Å². The van der Waals surface area contributed by atoms with Crippen molar-refractivity contribution in [3.8, 4) is 0 Å². The molecule has 4 nitrogen and oxygen atoms in total. The fourth-order valence-electron chi connectivity index (χ4n) is 2.81. The third-order valence-electron chi connectivity index (χ3n) is 4.45. The highest BCUT2D eigenvalue weighted by Gasteiger charge is 2.18. The van der Waals surface area contributed by atoms with E-state index < -0.39 is 0 Å². The molecule has 0 aromatic heterocycles. The van der Waals surface area contributed by atoms with E-state index in [1.165, 1.54) is 0 Å². The van der Waals surface area contributed by atoms with Gasteiger partial charge in [0.25, 0.3) is 11.8 Å². The van der Waals surface area contributed by atoms with Crippen molar-refractivity contribution in [2.75, 3.05) is 0 Å². The first-order valence-electron chi connectivity index (χ1n) is 9.20. The van der Waals surface area contributed by atoms with Gasteiger partial charge in [-0.3, -0.25) is 9.59 Å². The summed E-state index contributed by atoms with van der Waals surface area (Å²) in [5, 5.41) is 6.26. The summed E-state index contributed by atoms with van der Waals surface area (Å²) in [5.41, 5.74) is 3.10. The van der Waals surface area contributed by atoms with Crippen molar-refractivity contribution in [1.29, 1.82) is 0 Å². The molecule has 3 rings (SSSR count). The number of hydrogen-bond acceptors (Lipinski definition) is 2. The van der Waals surface area contributed by atoms with Crippen molar-refractivity contribution in [2.45, 2.75) is 13.5 Å². The molecule has 2 amide bonds. The Hall–Kier alpha value is -3.37. The number of nitrogens with one attached hydrogen (secondary N) is 2. The molecule has 0 saturated heterocycles. The van der Waals surface area contributed by atoms with Gasteiger partial charge in [-0.25, -0.2) is 0 Å².